The van der Waals surface area contributed by atoms with Crippen LogP contribution in [0.4, 0.5) is 0 Å². The van der Waals surface area contributed by atoms with Crippen molar-refractivity contribution in [2.45, 2.75) is 25.3 Å². The molecule has 0 aromatic heterocycles. The Morgan fingerprint density at radius 2 is 1.66 bits per heavy atom. The van der Waals surface area contributed by atoms with E-state index in [1.54, 1.807) is 26.4 Å². The van der Waals surface area contributed by atoms with Gasteiger partial charge in [-0.2, -0.15) is 0 Å². The second-order valence-electron chi connectivity index (χ2n) is 8.38. The van der Waals surface area contributed by atoms with Crippen molar-refractivity contribution in [3.05, 3.63) is 89.0 Å². The number of nitrogens with zero attached hydrogens (tertiary/aromatic N) is 1. The van der Waals surface area contributed by atoms with Crippen LogP contribution in [0, 0.1) is 0 Å². The molecule has 0 radical (unpaired) electrons. The fourth-order valence-corrected chi connectivity index (χ4v) is 4.44. The Bertz CT molecular complexity index is 1180. The molecule has 1 aliphatic heterocycles. The third-order valence-corrected chi connectivity index (χ3v) is 6.22. The van der Waals surface area contributed by atoms with E-state index < -0.39 is 5.97 Å². The second-order valence-corrected chi connectivity index (χ2v) is 8.38. The highest BCUT2D eigenvalue weighted by Crippen LogP contribution is 2.41. The number of aliphatic carboxylic acids is 1. The van der Waals surface area contributed by atoms with Crippen molar-refractivity contribution in [2.75, 3.05) is 27.4 Å². The number of rotatable bonds is 9. The highest BCUT2D eigenvalue weighted by atomic mass is 16.5. The van der Waals surface area contributed by atoms with Crippen molar-refractivity contribution in [1.82, 2.24) is 4.90 Å². The standard InChI is InChI=1S/C28H29NO6/c1-33-24-16-21-14-15-29(28(20-6-4-3-5-7-20)23(21)17-25(24)34-2)26(30)18-35-22-11-8-19(9-12-22)10-13-27(31)32/h3-9,11-12,16-17,28H,10,13-15,18H2,1-2H3,(H,31,32). The molecule has 3 aromatic rings. The lowest BCUT2D eigenvalue weighted by Gasteiger charge is -2.38. The number of aryl methyl sites for hydroxylation is 1. The number of fused-ring (bicyclic) bond motifs is 1. The number of ether oxygens (including phenoxy) is 3. The van der Waals surface area contributed by atoms with Gasteiger partial charge in [0.25, 0.3) is 5.91 Å². The van der Waals surface area contributed by atoms with Crippen LogP contribution in [-0.4, -0.2) is 49.3 Å². The van der Waals surface area contributed by atoms with E-state index in [1.807, 2.05) is 59.5 Å². The minimum absolute atomic E-state index is 0.0760. The third-order valence-electron chi connectivity index (χ3n) is 6.22. The zero-order valence-electron chi connectivity index (χ0n) is 19.9. The summed E-state index contributed by atoms with van der Waals surface area (Å²) in [6.45, 7) is 0.457. The van der Waals surface area contributed by atoms with Crippen LogP contribution in [-0.2, 0) is 22.4 Å². The molecule has 35 heavy (non-hydrogen) atoms. The first-order valence-corrected chi connectivity index (χ1v) is 11.5. The van der Waals surface area contributed by atoms with Crippen molar-refractivity contribution in [3.8, 4) is 17.2 Å². The summed E-state index contributed by atoms with van der Waals surface area (Å²) in [6.07, 6.45) is 1.23. The lowest BCUT2D eigenvalue weighted by molar-refractivity contribution is -0.137. The molecule has 0 aliphatic carbocycles. The molecule has 0 saturated carbocycles. The lowest BCUT2D eigenvalue weighted by atomic mass is 9.87. The SMILES string of the molecule is COc1cc2c(cc1OC)C(c1ccccc1)N(C(=O)COc1ccc(CCC(=O)O)cc1)CC2. The molecule has 7 heteroatoms. The van der Waals surface area contributed by atoms with E-state index in [9.17, 15) is 9.59 Å². The molecule has 1 N–H and O–H groups in total. The monoisotopic (exact) mass is 475 g/mol. The quantitative estimate of drug-likeness (QED) is 0.497. The first-order chi connectivity index (χ1) is 17.0. The molecular weight excluding hydrogens is 446 g/mol. The van der Waals surface area contributed by atoms with Crippen LogP contribution >= 0.6 is 0 Å². The van der Waals surface area contributed by atoms with E-state index in [0.29, 0.717) is 36.6 Å². The summed E-state index contributed by atoms with van der Waals surface area (Å²) < 4.78 is 16.8. The molecular formula is C28H29NO6. The molecule has 0 saturated heterocycles. The fourth-order valence-electron chi connectivity index (χ4n) is 4.44. The topological polar surface area (TPSA) is 85.3 Å². The normalized spacial score (nSPS) is 14.7. The average Bonchev–Trinajstić information content (AvgIpc) is 2.90. The summed E-state index contributed by atoms with van der Waals surface area (Å²) in [5.41, 5.74) is 4.05. The minimum Gasteiger partial charge on any atom is -0.493 e. The number of hydrogen-bond acceptors (Lipinski definition) is 5. The van der Waals surface area contributed by atoms with Crippen molar-refractivity contribution < 1.29 is 28.9 Å². The molecule has 182 valence electrons. The first-order valence-electron chi connectivity index (χ1n) is 11.5. The zero-order chi connectivity index (χ0) is 24.8. The van der Waals surface area contributed by atoms with Gasteiger partial charge in [0, 0.05) is 13.0 Å². The molecule has 1 unspecified atom stereocenters. The van der Waals surface area contributed by atoms with Gasteiger partial charge in [0.1, 0.15) is 5.75 Å². The molecule has 3 aromatic carbocycles. The van der Waals surface area contributed by atoms with Crippen LogP contribution in [0.15, 0.2) is 66.7 Å². The second kappa shape index (κ2) is 11.0. The van der Waals surface area contributed by atoms with E-state index in [-0.39, 0.29) is 25.0 Å². The maximum Gasteiger partial charge on any atom is 0.303 e. The Morgan fingerprint density at radius 3 is 2.31 bits per heavy atom. The summed E-state index contributed by atoms with van der Waals surface area (Å²) in [6, 6.07) is 20.8. The minimum atomic E-state index is -0.830. The number of methoxy groups -OCH3 is 2. The number of carbonyl (C=O) groups excluding carboxylic acids is 1. The Labute approximate surface area is 204 Å². The summed E-state index contributed by atoms with van der Waals surface area (Å²) in [4.78, 5) is 26.0. The van der Waals surface area contributed by atoms with E-state index >= 15 is 0 Å². The van der Waals surface area contributed by atoms with Crippen molar-refractivity contribution in [1.29, 1.82) is 0 Å². The number of amides is 1. The number of carboxylic acids is 1. The predicted molar refractivity (Wildman–Crippen MR) is 131 cm³/mol. The Morgan fingerprint density at radius 1 is 0.971 bits per heavy atom. The van der Waals surface area contributed by atoms with Gasteiger partial charge >= 0.3 is 5.97 Å². The van der Waals surface area contributed by atoms with Gasteiger partial charge in [-0.05, 0) is 59.4 Å². The van der Waals surface area contributed by atoms with Gasteiger partial charge in [0.15, 0.2) is 18.1 Å². The van der Waals surface area contributed by atoms with Crippen LogP contribution in [0.25, 0.3) is 0 Å². The molecule has 1 atom stereocenters. The molecule has 4 rings (SSSR count). The average molecular weight is 476 g/mol. The number of hydrogen-bond donors (Lipinski definition) is 1. The summed E-state index contributed by atoms with van der Waals surface area (Å²) in [7, 11) is 3.22. The van der Waals surface area contributed by atoms with Gasteiger partial charge < -0.3 is 24.2 Å². The first kappa shape index (κ1) is 24.1. The van der Waals surface area contributed by atoms with Crippen molar-refractivity contribution in [2.24, 2.45) is 0 Å². The largest absolute Gasteiger partial charge is 0.493 e. The van der Waals surface area contributed by atoms with Gasteiger partial charge in [-0.3, -0.25) is 9.59 Å². The van der Waals surface area contributed by atoms with Gasteiger partial charge in [-0.1, -0.05) is 42.5 Å². The van der Waals surface area contributed by atoms with Crippen LogP contribution < -0.4 is 14.2 Å². The third kappa shape index (κ3) is 5.57. The van der Waals surface area contributed by atoms with Crippen LogP contribution in [0.2, 0.25) is 0 Å². The summed E-state index contributed by atoms with van der Waals surface area (Å²) in [5.74, 6) is 0.920. The van der Waals surface area contributed by atoms with Crippen molar-refractivity contribution in [3.63, 3.8) is 0 Å². The smallest absolute Gasteiger partial charge is 0.303 e. The maximum absolute atomic E-state index is 13.4. The summed E-state index contributed by atoms with van der Waals surface area (Å²) >= 11 is 0. The molecule has 0 bridgehead atoms. The van der Waals surface area contributed by atoms with E-state index in [4.69, 9.17) is 19.3 Å². The molecule has 7 nitrogen and oxygen atoms in total. The van der Waals surface area contributed by atoms with Crippen molar-refractivity contribution >= 4 is 11.9 Å². The van der Waals surface area contributed by atoms with Gasteiger partial charge in [-0.25, -0.2) is 0 Å². The zero-order valence-corrected chi connectivity index (χ0v) is 19.9. The Hall–Kier alpha value is -4.00. The number of carboxylic acid groups (broad SMARTS) is 1. The molecule has 1 aliphatic rings. The molecule has 1 heterocycles. The number of benzene rings is 3. The van der Waals surface area contributed by atoms with Gasteiger partial charge in [0.2, 0.25) is 0 Å². The van der Waals surface area contributed by atoms with Gasteiger partial charge in [0.05, 0.1) is 20.3 Å². The molecule has 1 amide bonds. The summed E-state index contributed by atoms with van der Waals surface area (Å²) in [5, 5.41) is 8.84. The number of carbonyl (C=O) groups is 2. The Balaban J connectivity index is 1.54. The van der Waals surface area contributed by atoms with Gasteiger partial charge in [-0.15, -0.1) is 0 Å². The predicted octanol–water partition coefficient (Wildman–Crippen LogP) is 4.27. The Kier molecular flexibility index (Phi) is 7.55. The lowest BCUT2D eigenvalue weighted by Crippen LogP contribution is -2.43. The van der Waals surface area contributed by atoms with E-state index in [0.717, 1.165) is 22.3 Å². The molecule has 0 spiro atoms. The molecule has 0 fully saturated rings. The van der Waals surface area contributed by atoms with Crippen LogP contribution in [0.5, 0.6) is 17.2 Å². The van der Waals surface area contributed by atoms with E-state index in [2.05, 4.69) is 0 Å². The maximum atomic E-state index is 13.4. The fraction of sp³-hybridized carbons (Fsp3) is 0.286. The van der Waals surface area contributed by atoms with Crippen LogP contribution in [0.1, 0.15) is 34.7 Å². The highest BCUT2D eigenvalue weighted by Gasteiger charge is 2.33. The van der Waals surface area contributed by atoms with E-state index in [1.165, 1.54) is 0 Å². The van der Waals surface area contributed by atoms with Crippen LogP contribution in [0.3, 0.4) is 0 Å². The highest BCUT2D eigenvalue weighted by molar-refractivity contribution is 5.79.